The molecule has 3 aromatic carbocycles. The maximum absolute atomic E-state index is 12.1. The van der Waals surface area contributed by atoms with Gasteiger partial charge in [-0.25, -0.2) is 4.79 Å². The Labute approximate surface area is 202 Å². The topological polar surface area (TPSA) is 50.8 Å². The van der Waals surface area contributed by atoms with Crippen molar-refractivity contribution in [3.8, 4) is 0 Å². The van der Waals surface area contributed by atoms with Crippen molar-refractivity contribution in [3.63, 3.8) is 0 Å². The summed E-state index contributed by atoms with van der Waals surface area (Å²) in [5.74, 6) is 0. The van der Waals surface area contributed by atoms with E-state index in [1.54, 1.807) is 0 Å². The number of benzene rings is 3. The fourth-order valence-corrected chi connectivity index (χ4v) is 4.37. The van der Waals surface area contributed by atoms with Crippen LogP contribution in [0.2, 0.25) is 0 Å². The predicted octanol–water partition coefficient (Wildman–Crippen LogP) is 5.51. The molecule has 0 spiro atoms. The highest BCUT2D eigenvalue weighted by molar-refractivity contribution is 5.67. The summed E-state index contributed by atoms with van der Waals surface area (Å²) in [5.41, 5.74) is 6.16. The SMILES string of the molecule is C[C@H](Cc1ccc2c(c1)CCN2CCCOCc1ccccc1)NC(=O)OCc1ccccc1. The lowest BCUT2D eigenvalue weighted by molar-refractivity contribution is 0.119. The number of carbonyl (C=O) groups is 1. The Hall–Kier alpha value is -3.31. The number of anilines is 1. The van der Waals surface area contributed by atoms with Crippen LogP contribution in [-0.4, -0.2) is 31.8 Å². The number of alkyl carbamates (subject to hydrolysis) is 1. The Bertz CT molecular complexity index is 1040. The van der Waals surface area contributed by atoms with Gasteiger partial charge in [0.1, 0.15) is 6.61 Å². The van der Waals surface area contributed by atoms with Crippen molar-refractivity contribution >= 4 is 11.8 Å². The lowest BCUT2D eigenvalue weighted by Crippen LogP contribution is -2.34. The molecule has 0 fully saturated rings. The van der Waals surface area contributed by atoms with Gasteiger partial charge in [-0.2, -0.15) is 0 Å². The molecule has 1 aliphatic heterocycles. The van der Waals surface area contributed by atoms with E-state index < -0.39 is 0 Å². The zero-order chi connectivity index (χ0) is 23.6. The van der Waals surface area contributed by atoms with E-state index in [9.17, 15) is 4.79 Å². The number of hydrogen-bond acceptors (Lipinski definition) is 4. The first-order valence-corrected chi connectivity index (χ1v) is 12.1. The van der Waals surface area contributed by atoms with Crippen LogP contribution in [0.5, 0.6) is 0 Å². The standard InChI is InChI=1S/C29H34N2O3/c1-23(30-29(32)34-22-25-11-6-3-7-12-25)19-26-13-14-28-27(20-26)15-17-31(28)16-8-18-33-21-24-9-4-2-5-10-24/h2-7,9-14,20,23H,8,15-19,21-22H2,1H3,(H,30,32)/t23-/m1/s1. The maximum atomic E-state index is 12.1. The molecule has 1 N–H and O–H groups in total. The largest absolute Gasteiger partial charge is 0.445 e. The first kappa shape index (κ1) is 23.8. The molecule has 4 rings (SSSR count). The molecule has 3 aromatic rings. The van der Waals surface area contributed by atoms with Crippen LogP contribution < -0.4 is 10.2 Å². The average Bonchev–Trinajstić information content (AvgIpc) is 3.26. The van der Waals surface area contributed by atoms with Crippen LogP contribution in [0.1, 0.15) is 35.6 Å². The second-order valence-electron chi connectivity index (χ2n) is 8.90. The van der Waals surface area contributed by atoms with Crippen LogP contribution >= 0.6 is 0 Å². The molecule has 1 aliphatic rings. The number of ether oxygens (including phenoxy) is 2. The van der Waals surface area contributed by atoms with Crippen molar-refractivity contribution in [2.24, 2.45) is 0 Å². The number of fused-ring (bicyclic) bond motifs is 1. The van der Waals surface area contributed by atoms with Gasteiger partial charge in [-0.05, 0) is 54.5 Å². The van der Waals surface area contributed by atoms with Gasteiger partial charge in [0, 0.05) is 31.4 Å². The molecule has 0 bridgehead atoms. The molecule has 34 heavy (non-hydrogen) atoms. The molecule has 0 radical (unpaired) electrons. The van der Waals surface area contributed by atoms with E-state index >= 15 is 0 Å². The zero-order valence-electron chi connectivity index (χ0n) is 19.9. The third-order valence-electron chi connectivity index (χ3n) is 6.08. The highest BCUT2D eigenvalue weighted by Gasteiger charge is 2.19. The van der Waals surface area contributed by atoms with E-state index in [1.165, 1.54) is 22.4 Å². The van der Waals surface area contributed by atoms with Gasteiger partial charge in [0.05, 0.1) is 6.61 Å². The third-order valence-corrected chi connectivity index (χ3v) is 6.08. The summed E-state index contributed by atoms with van der Waals surface area (Å²) in [6, 6.07) is 26.7. The molecule has 0 aromatic heterocycles. The van der Waals surface area contributed by atoms with Crippen LogP contribution in [0, 0.1) is 0 Å². The molecule has 0 aliphatic carbocycles. The first-order chi connectivity index (χ1) is 16.7. The maximum Gasteiger partial charge on any atom is 0.407 e. The van der Waals surface area contributed by atoms with Crippen molar-refractivity contribution in [2.75, 3.05) is 24.6 Å². The number of rotatable bonds is 11. The molecule has 1 heterocycles. The molecule has 0 saturated heterocycles. The number of nitrogens with one attached hydrogen (secondary N) is 1. The van der Waals surface area contributed by atoms with E-state index in [1.807, 2.05) is 55.5 Å². The normalized spacial score (nSPS) is 13.4. The van der Waals surface area contributed by atoms with E-state index in [2.05, 4.69) is 40.5 Å². The van der Waals surface area contributed by atoms with Gasteiger partial charge in [0.25, 0.3) is 0 Å². The highest BCUT2D eigenvalue weighted by Crippen LogP contribution is 2.29. The molecule has 1 atom stereocenters. The quantitative estimate of drug-likeness (QED) is 0.385. The summed E-state index contributed by atoms with van der Waals surface area (Å²) in [5, 5.41) is 2.94. The Kier molecular flexibility index (Phi) is 8.58. The molecule has 0 unspecified atom stereocenters. The fraction of sp³-hybridized carbons (Fsp3) is 0.345. The number of hydrogen-bond donors (Lipinski definition) is 1. The van der Waals surface area contributed by atoms with Crippen molar-refractivity contribution in [3.05, 3.63) is 101 Å². The zero-order valence-corrected chi connectivity index (χ0v) is 19.9. The van der Waals surface area contributed by atoms with Gasteiger partial charge < -0.3 is 19.7 Å². The van der Waals surface area contributed by atoms with Crippen LogP contribution in [-0.2, 0) is 35.5 Å². The molecule has 1 amide bonds. The van der Waals surface area contributed by atoms with Crippen molar-refractivity contribution in [2.45, 2.75) is 45.4 Å². The first-order valence-electron chi connectivity index (χ1n) is 12.1. The van der Waals surface area contributed by atoms with Crippen LogP contribution in [0.4, 0.5) is 10.5 Å². The minimum absolute atomic E-state index is 0.000549. The van der Waals surface area contributed by atoms with E-state index in [-0.39, 0.29) is 18.7 Å². The Morgan fingerprint density at radius 3 is 2.38 bits per heavy atom. The van der Waals surface area contributed by atoms with Crippen molar-refractivity contribution < 1.29 is 14.3 Å². The predicted molar refractivity (Wildman–Crippen MR) is 136 cm³/mol. The summed E-state index contributed by atoms with van der Waals surface area (Å²) < 4.78 is 11.2. The van der Waals surface area contributed by atoms with E-state index in [0.29, 0.717) is 6.61 Å². The minimum atomic E-state index is -0.377. The Morgan fingerprint density at radius 2 is 1.65 bits per heavy atom. The van der Waals surface area contributed by atoms with Gasteiger partial charge in [0.2, 0.25) is 0 Å². The van der Waals surface area contributed by atoms with E-state index in [4.69, 9.17) is 9.47 Å². The summed E-state index contributed by atoms with van der Waals surface area (Å²) >= 11 is 0. The van der Waals surface area contributed by atoms with Gasteiger partial charge >= 0.3 is 6.09 Å². The number of nitrogens with zero attached hydrogens (tertiary/aromatic N) is 1. The molecule has 5 heteroatoms. The van der Waals surface area contributed by atoms with Crippen molar-refractivity contribution in [1.29, 1.82) is 0 Å². The summed E-state index contributed by atoms with van der Waals surface area (Å²) in [4.78, 5) is 14.6. The summed E-state index contributed by atoms with van der Waals surface area (Å²) in [7, 11) is 0. The van der Waals surface area contributed by atoms with Gasteiger partial charge in [-0.1, -0.05) is 72.8 Å². The Balaban J connectivity index is 1.18. The Morgan fingerprint density at radius 1 is 0.941 bits per heavy atom. The molecule has 5 nitrogen and oxygen atoms in total. The number of carbonyl (C=O) groups excluding carboxylic acids is 1. The second kappa shape index (κ2) is 12.2. The third kappa shape index (κ3) is 7.09. The second-order valence-corrected chi connectivity index (χ2v) is 8.90. The average molecular weight is 459 g/mol. The highest BCUT2D eigenvalue weighted by atomic mass is 16.5. The van der Waals surface area contributed by atoms with Gasteiger partial charge in [0.15, 0.2) is 0 Å². The van der Waals surface area contributed by atoms with E-state index in [0.717, 1.165) is 44.5 Å². The van der Waals surface area contributed by atoms with Gasteiger partial charge in [-0.15, -0.1) is 0 Å². The smallest absolute Gasteiger partial charge is 0.407 e. The lowest BCUT2D eigenvalue weighted by Gasteiger charge is -2.20. The molecule has 0 saturated carbocycles. The van der Waals surface area contributed by atoms with Crippen LogP contribution in [0.15, 0.2) is 78.9 Å². The van der Waals surface area contributed by atoms with Gasteiger partial charge in [-0.3, -0.25) is 0 Å². The van der Waals surface area contributed by atoms with Crippen LogP contribution in [0.25, 0.3) is 0 Å². The lowest BCUT2D eigenvalue weighted by atomic mass is 10.0. The molecule has 178 valence electrons. The monoisotopic (exact) mass is 458 g/mol. The molecular weight excluding hydrogens is 424 g/mol. The fourth-order valence-electron chi connectivity index (χ4n) is 4.37. The summed E-state index contributed by atoms with van der Waals surface area (Å²) in [6.07, 6.45) is 2.48. The van der Waals surface area contributed by atoms with Crippen molar-refractivity contribution in [1.82, 2.24) is 5.32 Å². The van der Waals surface area contributed by atoms with Crippen LogP contribution in [0.3, 0.4) is 0 Å². The summed E-state index contributed by atoms with van der Waals surface area (Å²) in [6.45, 7) is 5.79. The number of amides is 1. The minimum Gasteiger partial charge on any atom is -0.445 e. The molecular formula is C29H34N2O3.